The van der Waals surface area contributed by atoms with Crippen molar-refractivity contribution in [3.63, 3.8) is 0 Å². The van der Waals surface area contributed by atoms with Gasteiger partial charge in [0.25, 0.3) is 0 Å². The molecule has 2 aromatic rings. The van der Waals surface area contributed by atoms with E-state index in [1.165, 1.54) is 5.56 Å². The van der Waals surface area contributed by atoms with E-state index in [2.05, 4.69) is 18.3 Å². The van der Waals surface area contributed by atoms with Crippen LogP contribution in [0.5, 0.6) is 0 Å². The predicted octanol–water partition coefficient (Wildman–Crippen LogP) is 4.58. The number of benzene rings is 1. The lowest BCUT2D eigenvalue weighted by molar-refractivity contribution is 0.103. The maximum absolute atomic E-state index is 6.04. The first-order valence-electron chi connectivity index (χ1n) is 7.38. The Morgan fingerprint density at radius 3 is 2.90 bits per heavy atom. The van der Waals surface area contributed by atoms with E-state index in [4.69, 9.17) is 20.8 Å². The molecule has 114 valence electrons. The largest absolute Gasteiger partial charge is 0.467 e. The fourth-order valence-corrected chi connectivity index (χ4v) is 2.44. The van der Waals surface area contributed by atoms with Crippen molar-refractivity contribution < 1.29 is 9.15 Å². The maximum Gasteiger partial charge on any atom is 0.129 e. The first-order valence-corrected chi connectivity index (χ1v) is 7.76. The van der Waals surface area contributed by atoms with Crippen molar-refractivity contribution in [2.24, 2.45) is 0 Å². The first-order chi connectivity index (χ1) is 10.3. The summed E-state index contributed by atoms with van der Waals surface area (Å²) in [4.78, 5) is 0. The molecule has 0 aliphatic heterocycles. The number of hydrogen-bond acceptors (Lipinski definition) is 3. The molecule has 4 heteroatoms. The van der Waals surface area contributed by atoms with E-state index in [-0.39, 0.29) is 0 Å². The Kier molecular flexibility index (Phi) is 6.80. The average Bonchev–Trinajstić information content (AvgIpc) is 3.00. The number of hydrogen-bond donors (Lipinski definition) is 1. The third kappa shape index (κ3) is 5.54. The zero-order chi connectivity index (χ0) is 14.9. The Hall–Kier alpha value is -1.29. The van der Waals surface area contributed by atoms with Gasteiger partial charge in [0.15, 0.2) is 0 Å². The van der Waals surface area contributed by atoms with Crippen LogP contribution in [0.25, 0.3) is 0 Å². The van der Waals surface area contributed by atoms with E-state index in [0.29, 0.717) is 12.6 Å². The molecular weight excluding hydrogens is 286 g/mol. The van der Waals surface area contributed by atoms with E-state index < -0.39 is 0 Å². The highest BCUT2D eigenvalue weighted by Gasteiger charge is 2.08. The molecule has 0 aliphatic carbocycles. The second-order valence-electron chi connectivity index (χ2n) is 4.96. The maximum atomic E-state index is 6.04. The van der Waals surface area contributed by atoms with Crippen molar-refractivity contribution in [3.8, 4) is 0 Å². The van der Waals surface area contributed by atoms with Crippen molar-refractivity contribution in [2.75, 3.05) is 13.2 Å². The van der Waals surface area contributed by atoms with Crippen molar-refractivity contribution >= 4 is 11.6 Å². The quantitative estimate of drug-likeness (QED) is 0.689. The van der Waals surface area contributed by atoms with Crippen LogP contribution in [-0.2, 0) is 11.3 Å². The molecule has 0 radical (unpaired) electrons. The van der Waals surface area contributed by atoms with Crippen LogP contribution in [0.4, 0.5) is 0 Å². The minimum Gasteiger partial charge on any atom is -0.467 e. The topological polar surface area (TPSA) is 34.4 Å². The van der Waals surface area contributed by atoms with Gasteiger partial charge in [-0.2, -0.15) is 0 Å². The molecule has 0 fully saturated rings. The van der Waals surface area contributed by atoms with Gasteiger partial charge in [-0.05, 0) is 49.2 Å². The number of nitrogens with one attached hydrogen (secondary N) is 1. The summed E-state index contributed by atoms with van der Waals surface area (Å²) in [6.07, 6.45) is 3.67. The Bertz CT molecular complexity index is 513. The Balaban J connectivity index is 1.64. The van der Waals surface area contributed by atoms with Gasteiger partial charge in [-0.15, -0.1) is 0 Å². The highest BCUT2D eigenvalue weighted by atomic mass is 35.5. The van der Waals surface area contributed by atoms with Gasteiger partial charge >= 0.3 is 0 Å². The third-order valence-corrected chi connectivity index (χ3v) is 3.57. The third-order valence-electron chi connectivity index (χ3n) is 3.34. The number of furan rings is 1. The van der Waals surface area contributed by atoms with Gasteiger partial charge in [-0.25, -0.2) is 0 Å². The monoisotopic (exact) mass is 307 g/mol. The molecule has 21 heavy (non-hydrogen) atoms. The summed E-state index contributed by atoms with van der Waals surface area (Å²) in [7, 11) is 0. The van der Waals surface area contributed by atoms with Gasteiger partial charge in [0.2, 0.25) is 0 Å². The van der Waals surface area contributed by atoms with Crippen molar-refractivity contribution in [2.45, 2.75) is 32.4 Å². The van der Waals surface area contributed by atoms with E-state index in [9.17, 15) is 0 Å². The van der Waals surface area contributed by atoms with Gasteiger partial charge in [0.05, 0.1) is 6.26 Å². The molecule has 1 aromatic carbocycles. The molecule has 0 bridgehead atoms. The zero-order valence-corrected chi connectivity index (χ0v) is 13.1. The molecule has 0 amide bonds. The van der Waals surface area contributed by atoms with Crippen molar-refractivity contribution in [1.82, 2.24) is 5.32 Å². The first kappa shape index (κ1) is 16.1. The Labute approximate surface area is 131 Å². The molecule has 1 heterocycles. The summed E-state index contributed by atoms with van der Waals surface area (Å²) in [6, 6.07) is 12.2. The molecule has 1 atom stereocenters. The van der Waals surface area contributed by atoms with Gasteiger partial charge in [-0.1, -0.05) is 30.7 Å². The summed E-state index contributed by atoms with van der Waals surface area (Å²) in [5.41, 5.74) is 1.24. The fraction of sp³-hybridized carbons (Fsp3) is 0.412. The van der Waals surface area contributed by atoms with E-state index >= 15 is 0 Å². The molecular formula is C17H22ClNO2. The van der Waals surface area contributed by atoms with Crippen molar-refractivity contribution in [1.29, 1.82) is 0 Å². The van der Waals surface area contributed by atoms with Crippen molar-refractivity contribution in [3.05, 3.63) is 59.0 Å². The SMILES string of the molecule is CCC(NCCCOCc1ccco1)c1cccc(Cl)c1. The van der Waals surface area contributed by atoms with E-state index in [1.807, 2.05) is 30.3 Å². The molecule has 2 rings (SSSR count). The normalized spacial score (nSPS) is 12.5. The lowest BCUT2D eigenvalue weighted by Crippen LogP contribution is -2.22. The van der Waals surface area contributed by atoms with Crippen LogP contribution in [0.15, 0.2) is 47.1 Å². The standard InChI is InChI=1S/C17H22ClNO2/c1-2-17(14-6-3-7-15(18)12-14)19-9-5-10-20-13-16-8-4-11-21-16/h3-4,6-8,11-12,17,19H,2,5,9-10,13H2,1H3. The summed E-state index contributed by atoms with van der Waals surface area (Å²) < 4.78 is 10.8. The Morgan fingerprint density at radius 1 is 1.29 bits per heavy atom. The second kappa shape index (κ2) is 8.88. The summed E-state index contributed by atoms with van der Waals surface area (Å²) in [6.45, 7) is 4.35. The molecule has 1 N–H and O–H groups in total. The fourth-order valence-electron chi connectivity index (χ4n) is 2.24. The van der Waals surface area contributed by atoms with Gasteiger partial charge < -0.3 is 14.5 Å². The second-order valence-corrected chi connectivity index (χ2v) is 5.39. The molecule has 0 saturated carbocycles. The van der Waals surface area contributed by atoms with Crippen LogP contribution >= 0.6 is 11.6 Å². The lowest BCUT2D eigenvalue weighted by atomic mass is 10.0. The molecule has 0 spiro atoms. The summed E-state index contributed by atoms with van der Waals surface area (Å²) >= 11 is 6.04. The minimum absolute atomic E-state index is 0.341. The van der Waals surface area contributed by atoms with Crippen LogP contribution in [0.3, 0.4) is 0 Å². The predicted molar refractivity (Wildman–Crippen MR) is 85.5 cm³/mol. The van der Waals surface area contributed by atoms with Gasteiger partial charge in [0, 0.05) is 17.7 Å². The van der Waals surface area contributed by atoms with Crippen LogP contribution in [-0.4, -0.2) is 13.2 Å². The molecule has 1 unspecified atom stereocenters. The van der Waals surface area contributed by atoms with E-state index in [1.54, 1.807) is 6.26 Å². The molecule has 0 saturated heterocycles. The average molecular weight is 308 g/mol. The minimum atomic E-state index is 0.341. The Morgan fingerprint density at radius 2 is 2.19 bits per heavy atom. The molecule has 1 aromatic heterocycles. The lowest BCUT2D eigenvalue weighted by Gasteiger charge is -2.17. The highest BCUT2D eigenvalue weighted by molar-refractivity contribution is 6.30. The summed E-state index contributed by atoms with van der Waals surface area (Å²) in [5.74, 6) is 0.869. The van der Waals surface area contributed by atoms with Crippen LogP contribution in [0, 0.1) is 0 Å². The van der Waals surface area contributed by atoms with E-state index in [0.717, 1.165) is 36.8 Å². The zero-order valence-electron chi connectivity index (χ0n) is 12.3. The summed E-state index contributed by atoms with van der Waals surface area (Å²) in [5, 5.41) is 4.33. The van der Waals surface area contributed by atoms with Gasteiger partial charge in [0.1, 0.15) is 12.4 Å². The number of halogens is 1. The van der Waals surface area contributed by atoms with Crippen LogP contribution in [0.1, 0.15) is 37.1 Å². The highest BCUT2D eigenvalue weighted by Crippen LogP contribution is 2.20. The number of rotatable bonds is 9. The van der Waals surface area contributed by atoms with Gasteiger partial charge in [-0.3, -0.25) is 0 Å². The molecule has 0 aliphatic rings. The van der Waals surface area contributed by atoms with Crippen LogP contribution < -0.4 is 5.32 Å². The molecule has 3 nitrogen and oxygen atoms in total. The van der Waals surface area contributed by atoms with Crippen LogP contribution in [0.2, 0.25) is 5.02 Å². The number of ether oxygens (including phenoxy) is 1. The smallest absolute Gasteiger partial charge is 0.129 e.